The number of unbranched alkanes of at least 4 members (excludes halogenated alkanes) is 5. The molecular weight excluding hydrogens is 352 g/mol. The van der Waals surface area contributed by atoms with Gasteiger partial charge in [-0.05, 0) is 30.7 Å². The lowest BCUT2D eigenvalue weighted by Crippen LogP contribution is -2.02. The van der Waals surface area contributed by atoms with Gasteiger partial charge < -0.3 is 4.74 Å². The molecule has 0 atom stereocenters. The molecule has 150 valence electrons. The second-order valence-electron chi connectivity index (χ2n) is 7.09. The number of rotatable bonds is 12. The summed E-state index contributed by atoms with van der Waals surface area (Å²) in [6.45, 7) is 3.93. The molecule has 0 amide bonds. The SMILES string of the molecule is CCCCCCCCn1cc(CCn2cc(-c3ccc(OC)cc3)nn2)nn1. The number of ether oxygens (including phenoxy) is 1. The lowest BCUT2D eigenvalue weighted by Gasteiger charge is -2.01. The van der Waals surface area contributed by atoms with Crippen molar-refractivity contribution in [1.29, 1.82) is 0 Å². The van der Waals surface area contributed by atoms with Gasteiger partial charge in [-0.2, -0.15) is 0 Å². The van der Waals surface area contributed by atoms with Crippen LogP contribution in [0.3, 0.4) is 0 Å². The van der Waals surface area contributed by atoms with E-state index in [1.807, 2.05) is 46.0 Å². The van der Waals surface area contributed by atoms with Crippen molar-refractivity contribution in [2.75, 3.05) is 7.11 Å². The Morgan fingerprint density at radius 3 is 2.32 bits per heavy atom. The lowest BCUT2D eigenvalue weighted by molar-refractivity contribution is 0.415. The van der Waals surface area contributed by atoms with Crippen LogP contribution in [0.4, 0.5) is 0 Å². The molecule has 0 saturated carbocycles. The molecule has 28 heavy (non-hydrogen) atoms. The van der Waals surface area contributed by atoms with E-state index < -0.39 is 0 Å². The third kappa shape index (κ3) is 5.90. The van der Waals surface area contributed by atoms with Crippen LogP contribution >= 0.6 is 0 Å². The van der Waals surface area contributed by atoms with Gasteiger partial charge in [0.05, 0.1) is 19.0 Å². The normalized spacial score (nSPS) is 11.1. The highest BCUT2D eigenvalue weighted by Crippen LogP contribution is 2.20. The third-order valence-electron chi connectivity index (χ3n) is 4.85. The minimum atomic E-state index is 0.735. The maximum Gasteiger partial charge on any atom is 0.118 e. The maximum absolute atomic E-state index is 5.19. The van der Waals surface area contributed by atoms with Gasteiger partial charge in [0, 0.05) is 31.3 Å². The minimum absolute atomic E-state index is 0.735. The van der Waals surface area contributed by atoms with Crippen LogP contribution in [-0.4, -0.2) is 37.1 Å². The van der Waals surface area contributed by atoms with Gasteiger partial charge in [0.25, 0.3) is 0 Å². The number of hydrogen-bond acceptors (Lipinski definition) is 5. The quantitative estimate of drug-likeness (QED) is 0.440. The van der Waals surface area contributed by atoms with E-state index in [0.717, 1.165) is 42.2 Å². The Hall–Kier alpha value is -2.70. The molecule has 0 unspecified atom stereocenters. The second-order valence-corrected chi connectivity index (χ2v) is 7.09. The average Bonchev–Trinajstić information content (AvgIpc) is 3.38. The van der Waals surface area contributed by atoms with Gasteiger partial charge in [0.1, 0.15) is 11.4 Å². The Bertz CT molecular complexity index is 824. The fraction of sp³-hybridized carbons (Fsp3) is 0.524. The van der Waals surface area contributed by atoms with Crippen molar-refractivity contribution in [3.63, 3.8) is 0 Å². The highest BCUT2D eigenvalue weighted by atomic mass is 16.5. The van der Waals surface area contributed by atoms with E-state index in [2.05, 4.69) is 27.5 Å². The van der Waals surface area contributed by atoms with Crippen LogP contribution in [-0.2, 0) is 19.5 Å². The van der Waals surface area contributed by atoms with E-state index in [9.17, 15) is 0 Å². The second kappa shape index (κ2) is 10.6. The molecular formula is C21H30N6O. The Labute approximate surface area is 166 Å². The van der Waals surface area contributed by atoms with Crippen LogP contribution in [0, 0.1) is 0 Å². The fourth-order valence-corrected chi connectivity index (χ4v) is 3.15. The molecule has 3 aromatic rings. The maximum atomic E-state index is 5.19. The van der Waals surface area contributed by atoms with Gasteiger partial charge in [-0.1, -0.05) is 49.5 Å². The van der Waals surface area contributed by atoms with Crippen LogP contribution in [0.2, 0.25) is 0 Å². The molecule has 0 N–H and O–H groups in total. The van der Waals surface area contributed by atoms with E-state index >= 15 is 0 Å². The van der Waals surface area contributed by atoms with Crippen molar-refractivity contribution in [3.05, 3.63) is 42.4 Å². The van der Waals surface area contributed by atoms with E-state index in [-0.39, 0.29) is 0 Å². The molecule has 7 nitrogen and oxygen atoms in total. The average molecular weight is 383 g/mol. The van der Waals surface area contributed by atoms with Crippen molar-refractivity contribution in [2.24, 2.45) is 0 Å². The molecule has 0 saturated heterocycles. The molecule has 2 aromatic heterocycles. The standard InChI is InChI=1S/C21H30N6O/c1-3-4-5-6-7-8-14-26-16-19(22-24-26)13-15-27-17-21(23-25-27)18-9-11-20(28-2)12-10-18/h9-12,16-17H,3-8,13-15H2,1-2H3. The van der Waals surface area contributed by atoms with E-state index in [1.54, 1.807) is 7.11 Å². The third-order valence-corrected chi connectivity index (χ3v) is 4.85. The van der Waals surface area contributed by atoms with Crippen LogP contribution in [0.25, 0.3) is 11.3 Å². The number of nitrogens with zero attached hydrogens (tertiary/aromatic N) is 6. The van der Waals surface area contributed by atoms with Crippen molar-refractivity contribution in [2.45, 2.75) is 65.0 Å². The Morgan fingerprint density at radius 2 is 1.54 bits per heavy atom. The monoisotopic (exact) mass is 382 g/mol. The first kappa shape index (κ1) is 20.0. The molecule has 0 aliphatic rings. The van der Waals surface area contributed by atoms with Crippen LogP contribution in [0.5, 0.6) is 5.75 Å². The number of aromatic nitrogens is 6. The van der Waals surface area contributed by atoms with Crippen LogP contribution in [0.1, 0.15) is 51.1 Å². The zero-order valence-corrected chi connectivity index (χ0v) is 16.9. The summed E-state index contributed by atoms with van der Waals surface area (Å²) in [6, 6.07) is 7.83. The Balaban J connectivity index is 1.43. The zero-order valence-electron chi connectivity index (χ0n) is 16.9. The summed E-state index contributed by atoms with van der Waals surface area (Å²) in [5, 5.41) is 17.0. The molecule has 1 aromatic carbocycles. The van der Waals surface area contributed by atoms with Crippen LogP contribution < -0.4 is 4.74 Å². The number of hydrogen-bond donors (Lipinski definition) is 0. The Kier molecular flexibility index (Phi) is 7.58. The fourth-order valence-electron chi connectivity index (χ4n) is 3.15. The van der Waals surface area contributed by atoms with Gasteiger partial charge in [0.15, 0.2) is 0 Å². The van der Waals surface area contributed by atoms with Crippen LogP contribution in [0.15, 0.2) is 36.7 Å². The van der Waals surface area contributed by atoms with Crippen molar-refractivity contribution in [1.82, 2.24) is 30.0 Å². The number of methoxy groups -OCH3 is 1. The van der Waals surface area contributed by atoms with Gasteiger partial charge in [-0.25, -0.2) is 0 Å². The Morgan fingerprint density at radius 1 is 0.821 bits per heavy atom. The van der Waals surface area contributed by atoms with E-state index in [1.165, 1.54) is 38.5 Å². The topological polar surface area (TPSA) is 70.7 Å². The summed E-state index contributed by atoms with van der Waals surface area (Å²) in [5.41, 5.74) is 2.87. The predicted octanol–water partition coefficient (Wildman–Crippen LogP) is 4.15. The van der Waals surface area contributed by atoms with Gasteiger partial charge >= 0.3 is 0 Å². The molecule has 7 heteroatoms. The number of aryl methyl sites for hydroxylation is 3. The van der Waals surface area contributed by atoms with Gasteiger partial charge in [-0.15, -0.1) is 10.2 Å². The first-order valence-electron chi connectivity index (χ1n) is 10.2. The molecule has 0 spiro atoms. The summed E-state index contributed by atoms with van der Waals surface area (Å²) >= 11 is 0. The molecule has 0 radical (unpaired) electrons. The minimum Gasteiger partial charge on any atom is -0.497 e. The first-order chi connectivity index (χ1) is 13.8. The largest absolute Gasteiger partial charge is 0.497 e. The molecule has 0 fully saturated rings. The molecule has 0 aliphatic heterocycles. The van der Waals surface area contributed by atoms with Gasteiger partial charge in [0.2, 0.25) is 0 Å². The lowest BCUT2D eigenvalue weighted by atomic mass is 10.1. The molecule has 0 bridgehead atoms. The molecule has 2 heterocycles. The van der Waals surface area contributed by atoms with E-state index in [4.69, 9.17) is 4.74 Å². The van der Waals surface area contributed by atoms with Crippen molar-refractivity contribution >= 4 is 0 Å². The highest BCUT2D eigenvalue weighted by molar-refractivity contribution is 5.58. The van der Waals surface area contributed by atoms with Crippen molar-refractivity contribution < 1.29 is 4.74 Å². The first-order valence-corrected chi connectivity index (χ1v) is 10.2. The summed E-state index contributed by atoms with van der Waals surface area (Å²) < 4.78 is 9.00. The summed E-state index contributed by atoms with van der Waals surface area (Å²) in [6.07, 6.45) is 12.5. The summed E-state index contributed by atoms with van der Waals surface area (Å²) in [5.74, 6) is 0.834. The summed E-state index contributed by atoms with van der Waals surface area (Å²) in [4.78, 5) is 0. The summed E-state index contributed by atoms with van der Waals surface area (Å²) in [7, 11) is 1.66. The number of benzene rings is 1. The highest BCUT2D eigenvalue weighted by Gasteiger charge is 2.06. The van der Waals surface area contributed by atoms with E-state index in [0.29, 0.717) is 0 Å². The molecule has 3 rings (SSSR count). The van der Waals surface area contributed by atoms with Crippen molar-refractivity contribution in [3.8, 4) is 17.0 Å². The predicted molar refractivity (Wildman–Crippen MR) is 109 cm³/mol. The molecule has 0 aliphatic carbocycles. The zero-order chi connectivity index (χ0) is 19.6. The smallest absolute Gasteiger partial charge is 0.118 e. The van der Waals surface area contributed by atoms with Gasteiger partial charge in [-0.3, -0.25) is 9.36 Å².